The van der Waals surface area contributed by atoms with Crippen LogP contribution < -0.4 is 0 Å². The minimum Gasteiger partial charge on any atom is -0.192 e. The zero-order valence-corrected chi connectivity index (χ0v) is 9.79. The van der Waals surface area contributed by atoms with Crippen molar-refractivity contribution in [3.63, 3.8) is 0 Å². The van der Waals surface area contributed by atoms with Crippen molar-refractivity contribution in [2.75, 3.05) is 12.5 Å². The smallest absolute Gasteiger partial charge is 0.129 e. The molecule has 0 N–H and O–H groups in total. The first-order valence-corrected chi connectivity index (χ1v) is 6.03. The SMILES string of the molecule is CSc1nsc(SC)c1C#N.Cl. The molecule has 0 saturated heterocycles. The van der Waals surface area contributed by atoms with Gasteiger partial charge >= 0.3 is 0 Å². The molecule has 0 radical (unpaired) electrons. The molecule has 0 aliphatic rings. The maximum atomic E-state index is 8.74. The van der Waals surface area contributed by atoms with Gasteiger partial charge in [0.25, 0.3) is 0 Å². The van der Waals surface area contributed by atoms with Crippen LogP contribution in [0.5, 0.6) is 0 Å². The molecular weight excluding hydrogens is 232 g/mol. The van der Waals surface area contributed by atoms with Gasteiger partial charge in [0.05, 0.1) is 4.21 Å². The summed E-state index contributed by atoms with van der Waals surface area (Å²) in [6.07, 6.45) is 3.89. The van der Waals surface area contributed by atoms with Gasteiger partial charge < -0.3 is 0 Å². The molecule has 0 saturated carbocycles. The lowest BCUT2D eigenvalue weighted by molar-refractivity contribution is 1.24. The number of nitriles is 1. The van der Waals surface area contributed by atoms with Gasteiger partial charge in [-0.15, -0.1) is 35.9 Å². The zero-order chi connectivity index (χ0) is 8.27. The van der Waals surface area contributed by atoms with E-state index in [0.29, 0.717) is 0 Å². The van der Waals surface area contributed by atoms with E-state index in [-0.39, 0.29) is 12.4 Å². The standard InChI is InChI=1S/C6H6N2S3.ClH/c1-9-5-4(3-7)6(10-2)11-8-5;/h1-2H3;1H. The molecule has 0 atom stereocenters. The van der Waals surface area contributed by atoms with Crippen LogP contribution in [-0.4, -0.2) is 16.9 Å². The highest BCUT2D eigenvalue weighted by atomic mass is 35.5. The maximum absolute atomic E-state index is 8.74. The minimum atomic E-state index is 0. The van der Waals surface area contributed by atoms with Crippen molar-refractivity contribution in [3.8, 4) is 6.07 Å². The molecule has 66 valence electrons. The average Bonchev–Trinajstić information content (AvgIpc) is 2.45. The molecule has 1 aromatic rings. The lowest BCUT2D eigenvalue weighted by atomic mass is 10.4. The summed E-state index contributed by atoms with van der Waals surface area (Å²) < 4.78 is 5.15. The molecule has 6 heteroatoms. The van der Waals surface area contributed by atoms with Gasteiger partial charge in [-0.05, 0) is 24.0 Å². The molecule has 1 aromatic heterocycles. The van der Waals surface area contributed by atoms with E-state index in [0.717, 1.165) is 14.8 Å². The second-order valence-corrected chi connectivity index (χ2v) is 4.31. The number of nitrogens with zero attached hydrogens (tertiary/aromatic N) is 2. The van der Waals surface area contributed by atoms with Gasteiger partial charge in [-0.1, -0.05) is 0 Å². The fourth-order valence-corrected chi connectivity index (χ4v) is 2.77. The van der Waals surface area contributed by atoms with Crippen molar-refractivity contribution in [3.05, 3.63) is 5.56 Å². The van der Waals surface area contributed by atoms with Crippen molar-refractivity contribution < 1.29 is 0 Å². The molecule has 0 amide bonds. The van der Waals surface area contributed by atoms with Crippen LogP contribution >= 0.6 is 47.5 Å². The lowest BCUT2D eigenvalue weighted by Gasteiger charge is -1.88. The quantitative estimate of drug-likeness (QED) is 0.743. The first kappa shape index (κ1) is 12.1. The topological polar surface area (TPSA) is 36.7 Å². The number of rotatable bonds is 2. The highest BCUT2D eigenvalue weighted by Gasteiger charge is 2.10. The van der Waals surface area contributed by atoms with E-state index < -0.39 is 0 Å². The van der Waals surface area contributed by atoms with Crippen LogP contribution in [0.3, 0.4) is 0 Å². The third kappa shape index (κ3) is 2.30. The Bertz CT molecular complexity index is 270. The second-order valence-electron chi connectivity index (χ2n) is 1.67. The molecule has 2 nitrogen and oxygen atoms in total. The van der Waals surface area contributed by atoms with E-state index in [1.165, 1.54) is 23.3 Å². The average molecular weight is 239 g/mol. The summed E-state index contributed by atoms with van der Waals surface area (Å²) in [6, 6.07) is 2.15. The third-order valence-electron chi connectivity index (χ3n) is 1.12. The molecular formula is C6H7ClN2S3. The van der Waals surface area contributed by atoms with Crippen molar-refractivity contribution in [2.24, 2.45) is 0 Å². The Hall–Kier alpha value is 0.110. The van der Waals surface area contributed by atoms with Crippen molar-refractivity contribution in [1.82, 2.24) is 4.37 Å². The number of halogens is 1. The zero-order valence-electron chi connectivity index (χ0n) is 6.53. The molecule has 0 aromatic carbocycles. The Morgan fingerprint density at radius 2 is 2.08 bits per heavy atom. The number of thioether (sulfide) groups is 2. The van der Waals surface area contributed by atoms with Crippen molar-refractivity contribution in [1.29, 1.82) is 5.26 Å². The van der Waals surface area contributed by atoms with E-state index in [9.17, 15) is 0 Å². The van der Waals surface area contributed by atoms with E-state index in [4.69, 9.17) is 5.26 Å². The van der Waals surface area contributed by atoms with Crippen LogP contribution in [0, 0.1) is 11.3 Å². The van der Waals surface area contributed by atoms with Crippen LogP contribution in [0.1, 0.15) is 5.56 Å². The summed E-state index contributed by atoms with van der Waals surface area (Å²) in [5, 5.41) is 9.59. The summed E-state index contributed by atoms with van der Waals surface area (Å²) in [6.45, 7) is 0. The minimum absolute atomic E-state index is 0. The predicted molar refractivity (Wildman–Crippen MR) is 57.6 cm³/mol. The first-order chi connectivity index (χ1) is 5.33. The normalized spacial score (nSPS) is 8.75. The van der Waals surface area contributed by atoms with Gasteiger partial charge in [0.1, 0.15) is 16.7 Å². The summed E-state index contributed by atoms with van der Waals surface area (Å²) in [5.41, 5.74) is 0.731. The fourth-order valence-electron chi connectivity index (χ4n) is 0.634. The van der Waals surface area contributed by atoms with E-state index in [1.807, 2.05) is 12.5 Å². The van der Waals surface area contributed by atoms with Gasteiger partial charge in [-0.25, -0.2) is 0 Å². The summed E-state index contributed by atoms with van der Waals surface area (Å²) in [7, 11) is 0. The molecule has 0 bridgehead atoms. The molecule has 12 heavy (non-hydrogen) atoms. The van der Waals surface area contributed by atoms with Gasteiger partial charge in [0, 0.05) is 0 Å². The van der Waals surface area contributed by atoms with Crippen LogP contribution in [0.15, 0.2) is 9.24 Å². The van der Waals surface area contributed by atoms with Crippen molar-refractivity contribution >= 4 is 47.5 Å². The Labute approximate surface area is 90.3 Å². The van der Waals surface area contributed by atoms with Crippen LogP contribution in [0.2, 0.25) is 0 Å². The highest BCUT2D eigenvalue weighted by molar-refractivity contribution is 8.01. The lowest BCUT2D eigenvalue weighted by Crippen LogP contribution is -1.74. The van der Waals surface area contributed by atoms with Gasteiger partial charge in [0.15, 0.2) is 0 Å². The first-order valence-electron chi connectivity index (χ1n) is 2.81. The van der Waals surface area contributed by atoms with E-state index >= 15 is 0 Å². The Balaban J connectivity index is 0.00000121. The molecule has 0 fully saturated rings. The largest absolute Gasteiger partial charge is 0.192 e. The van der Waals surface area contributed by atoms with Crippen LogP contribution in [0.4, 0.5) is 0 Å². The summed E-state index contributed by atoms with van der Waals surface area (Å²) in [4.78, 5) is 0. The summed E-state index contributed by atoms with van der Waals surface area (Å²) in [5.74, 6) is 0. The second kappa shape index (κ2) is 5.70. The summed E-state index contributed by atoms with van der Waals surface area (Å²) >= 11 is 4.49. The highest BCUT2D eigenvalue weighted by Crippen LogP contribution is 2.31. The number of hydrogen-bond acceptors (Lipinski definition) is 5. The fraction of sp³-hybridized carbons (Fsp3) is 0.333. The van der Waals surface area contributed by atoms with Crippen LogP contribution in [0.25, 0.3) is 0 Å². The maximum Gasteiger partial charge on any atom is 0.129 e. The van der Waals surface area contributed by atoms with Gasteiger partial charge in [-0.3, -0.25) is 0 Å². The van der Waals surface area contributed by atoms with Crippen molar-refractivity contribution in [2.45, 2.75) is 9.24 Å². The third-order valence-corrected chi connectivity index (χ3v) is 3.86. The molecule has 0 unspecified atom stereocenters. The van der Waals surface area contributed by atoms with Crippen LogP contribution in [-0.2, 0) is 0 Å². The monoisotopic (exact) mass is 238 g/mol. The number of hydrogen-bond donors (Lipinski definition) is 0. The molecule has 0 aliphatic carbocycles. The Kier molecular flexibility index (Phi) is 5.76. The molecule has 0 aliphatic heterocycles. The van der Waals surface area contributed by atoms with Gasteiger partial charge in [-0.2, -0.15) is 9.64 Å². The molecule has 1 rings (SSSR count). The number of aromatic nitrogens is 1. The van der Waals surface area contributed by atoms with E-state index in [2.05, 4.69) is 10.4 Å². The molecule has 1 heterocycles. The molecule has 0 spiro atoms. The van der Waals surface area contributed by atoms with Gasteiger partial charge in [0.2, 0.25) is 0 Å². The predicted octanol–water partition coefficient (Wildman–Crippen LogP) is 2.88. The Morgan fingerprint density at radius 1 is 1.42 bits per heavy atom. The Morgan fingerprint density at radius 3 is 2.50 bits per heavy atom. The van der Waals surface area contributed by atoms with E-state index in [1.54, 1.807) is 11.8 Å².